The second-order valence-electron chi connectivity index (χ2n) is 3.36. The number of phenols is 1. The van der Waals surface area contributed by atoms with Crippen molar-refractivity contribution in [2.45, 2.75) is 0 Å². The van der Waals surface area contributed by atoms with Crippen LogP contribution in [0.2, 0.25) is 0 Å². The van der Waals surface area contributed by atoms with E-state index in [4.69, 9.17) is 10.00 Å². The number of phenolic OH excluding ortho intramolecular Hbond substituents is 1. The second-order valence-corrected chi connectivity index (χ2v) is 3.36. The molecule has 0 amide bonds. The van der Waals surface area contributed by atoms with Gasteiger partial charge in [-0.3, -0.25) is 0 Å². The number of hydrogen-bond donors (Lipinski definition) is 1. The van der Waals surface area contributed by atoms with Crippen molar-refractivity contribution in [3.63, 3.8) is 0 Å². The largest absolute Gasteiger partial charge is 0.504 e. The third-order valence-corrected chi connectivity index (χ3v) is 1.85. The first kappa shape index (κ1) is 11.9. The van der Waals surface area contributed by atoms with Crippen molar-refractivity contribution in [3.05, 3.63) is 17.7 Å². The molecule has 1 aromatic rings. The molecular weight excluding hydrogens is 206 g/mol. The van der Waals surface area contributed by atoms with Gasteiger partial charge in [0.25, 0.3) is 0 Å². The van der Waals surface area contributed by atoms with Crippen molar-refractivity contribution < 1.29 is 9.84 Å². The lowest BCUT2D eigenvalue weighted by molar-refractivity contribution is 0.373. The van der Waals surface area contributed by atoms with Crippen molar-refractivity contribution in [1.29, 1.82) is 5.26 Å². The topological polar surface area (TPSA) is 68.8 Å². The van der Waals surface area contributed by atoms with E-state index in [0.717, 1.165) is 0 Å². The zero-order valence-electron chi connectivity index (χ0n) is 9.43. The summed E-state index contributed by atoms with van der Waals surface area (Å²) in [5.41, 5.74) is 0.766. The number of aromatic hydroxyl groups is 1. The monoisotopic (exact) mass is 219 g/mol. The highest BCUT2D eigenvalue weighted by molar-refractivity contribution is 5.68. The lowest BCUT2D eigenvalue weighted by Gasteiger charge is -2.07. The van der Waals surface area contributed by atoms with Crippen molar-refractivity contribution in [2.24, 2.45) is 4.99 Å². The highest BCUT2D eigenvalue weighted by Crippen LogP contribution is 2.33. The first-order valence-corrected chi connectivity index (χ1v) is 4.60. The number of benzene rings is 1. The van der Waals surface area contributed by atoms with E-state index in [9.17, 15) is 5.11 Å². The highest BCUT2D eigenvalue weighted by Gasteiger charge is 2.08. The number of methoxy groups -OCH3 is 1. The quantitative estimate of drug-likeness (QED) is 0.617. The lowest BCUT2D eigenvalue weighted by Crippen LogP contribution is -2.07. The summed E-state index contributed by atoms with van der Waals surface area (Å²) in [6, 6.07) is 4.85. The summed E-state index contributed by atoms with van der Waals surface area (Å²) >= 11 is 0. The van der Waals surface area contributed by atoms with E-state index in [0.29, 0.717) is 11.3 Å². The second kappa shape index (κ2) is 5.03. The fourth-order valence-electron chi connectivity index (χ4n) is 1.09. The molecule has 0 spiro atoms. The average molecular weight is 219 g/mol. The van der Waals surface area contributed by atoms with E-state index in [-0.39, 0.29) is 11.5 Å². The number of ether oxygens (including phenoxy) is 1. The molecule has 0 aliphatic carbocycles. The van der Waals surface area contributed by atoms with Gasteiger partial charge >= 0.3 is 0 Å². The molecule has 0 unspecified atom stereocenters. The minimum absolute atomic E-state index is 0.0348. The molecule has 5 heteroatoms. The Labute approximate surface area is 94.2 Å². The zero-order valence-corrected chi connectivity index (χ0v) is 9.43. The molecule has 16 heavy (non-hydrogen) atoms. The average Bonchev–Trinajstić information content (AvgIpc) is 2.26. The fraction of sp³-hybridized carbons (Fsp3) is 0.273. The summed E-state index contributed by atoms with van der Waals surface area (Å²) in [6.07, 6.45) is 1.56. The van der Waals surface area contributed by atoms with Gasteiger partial charge in [-0.25, -0.2) is 4.99 Å². The van der Waals surface area contributed by atoms with Gasteiger partial charge in [0, 0.05) is 26.2 Å². The number of aliphatic imine (C=N–C) groups is 1. The van der Waals surface area contributed by atoms with Crippen molar-refractivity contribution in [1.82, 2.24) is 4.90 Å². The number of hydrogen-bond acceptors (Lipinski definition) is 4. The van der Waals surface area contributed by atoms with Crippen LogP contribution in [0.25, 0.3) is 0 Å². The summed E-state index contributed by atoms with van der Waals surface area (Å²) in [6.45, 7) is 0. The molecule has 0 radical (unpaired) electrons. The standard InChI is InChI=1S/C11H13N3O2/c1-14(2)7-13-9-5-10(15)11(16-3)4-8(9)6-12/h4-5,7,15H,1-3H3/b13-7+. The molecule has 0 saturated heterocycles. The molecule has 0 saturated carbocycles. The molecule has 1 rings (SSSR count). The van der Waals surface area contributed by atoms with Crippen LogP contribution >= 0.6 is 0 Å². The fourth-order valence-corrected chi connectivity index (χ4v) is 1.09. The van der Waals surface area contributed by atoms with Gasteiger partial charge < -0.3 is 14.7 Å². The molecule has 84 valence electrons. The molecule has 0 fully saturated rings. The van der Waals surface area contributed by atoms with Crippen LogP contribution in [0.3, 0.4) is 0 Å². The van der Waals surface area contributed by atoms with Gasteiger partial charge in [-0.05, 0) is 0 Å². The summed E-state index contributed by atoms with van der Waals surface area (Å²) in [4.78, 5) is 5.81. The van der Waals surface area contributed by atoms with Gasteiger partial charge in [-0.15, -0.1) is 0 Å². The molecule has 0 aromatic heterocycles. The molecular formula is C11H13N3O2. The number of nitrogens with zero attached hydrogens (tertiary/aromatic N) is 3. The summed E-state index contributed by atoms with van der Waals surface area (Å²) in [7, 11) is 5.07. The highest BCUT2D eigenvalue weighted by atomic mass is 16.5. The molecule has 1 N–H and O–H groups in total. The van der Waals surface area contributed by atoms with E-state index >= 15 is 0 Å². The van der Waals surface area contributed by atoms with Gasteiger partial charge in [0.2, 0.25) is 0 Å². The van der Waals surface area contributed by atoms with E-state index in [1.165, 1.54) is 19.2 Å². The van der Waals surface area contributed by atoms with Crippen LogP contribution < -0.4 is 4.74 Å². The van der Waals surface area contributed by atoms with Gasteiger partial charge in [0.15, 0.2) is 11.5 Å². The van der Waals surface area contributed by atoms with E-state index in [1.807, 2.05) is 20.2 Å². The van der Waals surface area contributed by atoms with Gasteiger partial charge in [-0.2, -0.15) is 5.26 Å². The molecule has 1 aromatic carbocycles. The van der Waals surface area contributed by atoms with Crippen molar-refractivity contribution in [2.75, 3.05) is 21.2 Å². The minimum atomic E-state index is -0.0348. The Morgan fingerprint density at radius 3 is 2.69 bits per heavy atom. The first-order chi connectivity index (χ1) is 7.58. The summed E-state index contributed by atoms with van der Waals surface area (Å²) in [5.74, 6) is 0.229. The Morgan fingerprint density at radius 1 is 1.50 bits per heavy atom. The van der Waals surface area contributed by atoms with E-state index in [1.54, 1.807) is 11.2 Å². The number of rotatable bonds is 3. The maximum absolute atomic E-state index is 9.55. The molecule has 0 aliphatic rings. The lowest BCUT2D eigenvalue weighted by atomic mass is 10.2. The normalized spacial score (nSPS) is 10.1. The van der Waals surface area contributed by atoms with E-state index < -0.39 is 0 Å². The first-order valence-electron chi connectivity index (χ1n) is 4.60. The third-order valence-electron chi connectivity index (χ3n) is 1.85. The Kier molecular flexibility index (Phi) is 3.72. The maximum atomic E-state index is 9.55. The van der Waals surface area contributed by atoms with Gasteiger partial charge in [0.05, 0.1) is 24.7 Å². The van der Waals surface area contributed by atoms with Crippen LogP contribution in [0.1, 0.15) is 5.56 Å². The van der Waals surface area contributed by atoms with Crippen LogP contribution in [0.5, 0.6) is 11.5 Å². The Hall–Kier alpha value is -2.22. The van der Waals surface area contributed by atoms with Crippen LogP contribution in [0, 0.1) is 11.3 Å². The van der Waals surface area contributed by atoms with Crippen molar-refractivity contribution >= 4 is 12.0 Å². The molecule has 0 bridgehead atoms. The van der Waals surface area contributed by atoms with E-state index in [2.05, 4.69) is 4.99 Å². The smallest absolute Gasteiger partial charge is 0.161 e. The van der Waals surface area contributed by atoms with Gasteiger partial charge in [-0.1, -0.05) is 0 Å². The SMILES string of the molecule is COc1cc(C#N)c(/N=C/N(C)C)cc1O. The molecule has 5 nitrogen and oxygen atoms in total. The zero-order chi connectivity index (χ0) is 12.1. The number of nitriles is 1. The Morgan fingerprint density at radius 2 is 2.19 bits per heavy atom. The third kappa shape index (κ3) is 2.64. The van der Waals surface area contributed by atoms with Crippen LogP contribution in [0.15, 0.2) is 17.1 Å². The minimum Gasteiger partial charge on any atom is -0.504 e. The maximum Gasteiger partial charge on any atom is 0.161 e. The van der Waals surface area contributed by atoms with Crippen LogP contribution in [-0.4, -0.2) is 37.6 Å². The molecule has 0 aliphatic heterocycles. The molecule has 0 atom stereocenters. The predicted molar refractivity (Wildman–Crippen MR) is 61.2 cm³/mol. The van der Waals surface area contributed by atoms with Crippen LogP contribution in [0.4, 0.5) is 5.69 Å². The van der Waals surface area contributed by atoms with Gasteiger partial charge in [0.1, 0.15) is 6.07 Å². The Balaban J connectivity index is 3.20. The molecule has 0 heterocycles. The summed E-state index contributed by atoms with van der Waals surface area (Å²) < 4.78 is 4.90. The van der Waals surface area contributed by atoms with Crippen molar-refractivity contribution in [3.8, 4) is 17.6 Å². The summed E-state index contributed by atoms with van der Waals surface area (Å²) in [5, 5.41) is 18.5. The predicted octanol–water partition coefficient (Wildman–Crippen LogP) is 1.49. The Bertz CT molecular complexity index is 447. The van der Waals surface area contributed by atoms with Crippen LogP contribution in [-0.2, 0) is 0 Å².